The molecule has 1 N–H and O–H groups in total. The van der Waals surface area contributed by atoms with Crippen LogP contribution in [0.25, 0.3) is 0 Å². The minimum Gasteiger partial charge on any atom is -0.481 e. The maximum atomic E-state index is 12.4. The lowest BCUT2D eigenvalue weighted by Crippen LogP contribution is -2.38. The van der Waals surface area contributed by atoms with Crippen LogP contribution in [0.5, 0.6) is 5.75 Å². The van der Waals surface area contributed by atoms with Gasteiger partial charge in [-0.25, -0.2) is 0 Å². The number of ether oxygens (including phenoxy) is 1. The van der Waals surface area contributed by atoms with Gasteiger partial charge in [0.2, 0.25) is 0 Å². The normalized spacial score (nSPS) is 17.4. The monoisotopic (exact) mass is 329 g/mol. The molecule has 23 heavy (non-hydrogen) atoms. The summed E-state index contributed by atoms with van der Waals surface area (Å²) in [6.45, 7) is 3.68. The van der Waals surface area contributed by atoms with E-state index in [0.717, 1.165) is 18.4 Å². The number of halogens is 1. The number of hydrogen-bond donors (Lipinski definition) is 1. The molecule has 0 spiro atoms. The Balaban J connectivity index is 1.64. The van der Waals surface area contributed by atoms with Crippen molar-refractivity contribution in [3.8, 4) is 5.75 Å². The summed E-state index contributed by atoms with van der Waals surface area (Å²) in [5.41, 5.74) is 3.46. The molecular formula is C19H20ClNO2. The van der Waals surface area contributed by atoms with Crippen LogP contribution in [0.2, 0.25) is 5.02 Å². The first-order chi connectivity index (χ1) is 11.0. The van der Waals surface area contributed by atoms with Crippen molar-refractivity contribution in [2.75, 3.05) is 0 Å². The van der Waals surface area contributed by atoms with Crippen LogP contribution in [0.4, 0.5) is 0 Å². The summed E-state index contributed by atoms with van der Waals surface area (Å²) in [6.07, 6.45) is 1.40. The molecule has 1 aliphatic rings. The van der Waals surface area contributed by atoms with Gasteiger partial charge in [0, 0.05) is 5.02 Å². The molecule has 2 aromatic carbocycles. The lowest BCUT2D eigenvalue weighted by Gasteiger charge is -2.20. The van der Waals surface area contributed by atoms with Crippen LogP contribution < -0.4 is 10.1 Å². The molecule has 0 heterocycles. The average Bonchev–Trinajstić information content (AvgIpc) is 2.93. The summed E-state index contributed by atoms with van der Waals surface area (Å²) in [7, 11) is 0. The number of aryl methyl sites for hydroxylation is 2. The number of nitrogens with one attached hydrogen (secondary N) is 1. The zero-order chi connectivity index (χ0) is 16.4. The maximum absolute atomic E-state index is 12.4. The van der Waals surface area contributed by atoms with Gasteiger partial charge in [0.25, 0.3) is 5.91 Å². The Kier molecular flexibility index (Phi) is 4.58. The second kappa shape index (κ2) is 6.63. The zero-order valence-corrected chi connectivity index (χ0v) is 14.1. The van der Waals surface area contributed by atoms with Gasteiger partial charge in [-0.15, -0.1) is 0 Å². The van der Waals surface area contributed by atoms with Gasteiger partial charge in [0.15, 0.2) is 6.10 Å². The third-order valence-corrected chi connectivity index (χ3v) is 4.49. The fourth-order valence-electron chi connectivity index (χ4n) is 2.99. The number of fused-ring (bicyclic) bond motifs is 1. The largest absolute Gasteiger partial charge is 0.481 e. The van der Waals surface area contributed by atoms with Crippen molar-refractivity contribution in [2.24, 2.45) is 0 Å². The van der Waals surface area contributed by atoms with Crippen LogP contribution >= 0.6 is 11.6 Å². The molecule has 0 aromatic heterocycles. The Labute approximate surface area is 141 Å². The summed E-state index contributed by atoms with van der Waals surface area (Å²) in [5.74, 6) is 0.588. The van der Waals surface area contributed by atoms with E-state index >= 15 is 0 Å². The number of benzene rings is 2. The highest BCUT2D eigenvalue weighted by Crippen LogP contribution is 2.31. The SMILES string of the molecule is Cc1cc(Cl)ccc1OC(C)C(=O)NC1CCc2ccccc21. The molecule has 2 unspecified atom stereocenters. The molecule has 4 heteroatoms. The van der Waals surface area contributed by atoms with Gasteiger partial charge in [0.05, 0.1) is 6.04 Å². The molecule has 120 valence electrons. The van der Waals surface area contributed by atoms with E-state index in [4.69, 9.17) is 16.3 Å². The summed E-state index contributed by atoms with van der Waals surface area (Å²) < 4.78 is 5.79. The van der Waals surface area contributed by atoms with Gasteiger partial charge in [-0.1, -0.05) is 35.9 Å². The van der Waals surface area contributed by atoms with Gasteiger partial charge in [-0.05, 0) is 61.6 Å². The minimum absolute atomic E-state index is 0.0797. The van der Waals surface area contributed by atoms with Crippen LogP contribution in [0.15, 0.2) is 42.5 Å². The predicted molar refractivity (Wildman–Crippen MR) is 91.9 cm³/mol. The Bertz CT molecular complexity index is 729. The third kappa shape index (κ3) is 3.50. The minimum atomic E-state index is -0.553. The maximum Gasteiger partial charge on any atom is 0.261 e. The van der Waals surface area contributed by atoms with Gasteiger partial charge in [0.1, 0.15) is 5.75 Å². The topological polar surface area (TPSA) is 38.3 Å². The van der Waals surface area contributed by atoms with Crippen molar-refractivity contribution >= 4 is 17.5 Å². The van der Waals surface area contributed by atoms with E-state index in [9.17, 15) is 4.79 Å². The van der Waals surface area contributed by atoms with E-state index in [1.807, 2.05) is 25.1 Å². The molecule has 0 aliphatic heterocycles. The smallest absolute Gasteiger partial charge is 0.261 e. The molecule has 3 rings (SSSR count). The van der Waals surface area contributed by atoms with Crippen molar-refractivity contribution < 1.29 is 9.53 Å². The highest BCUT2D eigenvalue weighted by molar-refractivity contribution is 6.30. The van der Waals surface area contributed by atoms with Crippen LogP contribution in [0.1, 0.15) is 36.1 Å². The van der Waals surface area contributed by atoms with Crippen molar-refractivity contribution in [1.29, 1.82) is 0 Å². The van der Waals surface area contributed by atoms with Gasteiger partial charge < -0.3 is 10.1 Å². The summed E-state index contributed by atoms with van der Waals surface area (Å²) >= 11 is 5.94. The van der Waals surface area contributed by atoms with E-state index in [1.165, 1.54) is 11.1 Å². The molecule has 2 atom stereocenters. The third-order valence-electron chi connectivity index (χ3n) is 4.26. The Morgan fingerprint density at radius 2 is 2.09 bits per heavy atom. The van der Waals surface area contributed by atoms with E-state index in [-0.39, 0.29) is 11.9 Å². The van der Waals surface area contributed by atoms with Crippen molar-refractivity contribution in [3.05, 3.63) is 64.2 Å². The van der Waals surface area contributed by atoms with E-state index in [2.05, 4.69) is 17.4 Å². The summed E-state index contributed by atoms with van der Waals surface area (Å²) in [6, 6.07) is 13.7. The molecular weight excluding hydrogens is 310 g/mol. The first kappa shape index (κ1) is 15.9. The number of rotatable bonds is 4. The molecule has 2 aromatic rings. The average molecular weight is 330 g/mol. The lowest BCUT2D eigenvalue weighted by molar-refractivity contribution is -0.128. The Morgan fingerprint density at radius 1 is 1.30 bits per heavy atom. The van der Waals surface area contributed by atoms with Crippen molar-refractivity contribution in [2.45, 2.75) is 38.8 Å². The zero-order valence-electron chi connectivity index (χ0n) is 13.3. The van der Waals surface area contributed by atoms with Crippen LogP contribution in [0, 0.1) is 6.92 Å². The fraction of sp³-hybridized carbons (Fsp3) is 0.316. The van der Waals surface area contributed by atoms with Crippen LogP contribution in [-0.4, -0.2) is 12.0 Å². The van der Waals surface area contributed by atoms with E-state index in [0.29, 0.717) is 10.8 Å². The van der Waals surface area contributed by atoms with Crippen LogP contribution in [-0.2, 0) is 11.2 Å². The second-order valence-electron chi connectivity index (χ2n) is 5.97. The van der Waals surface area contributed by atoms with Crippen LogP contribution in [0.3, 0.4) is 0 Å². The molecule has 1 amide bonds. The number of hydrogen-bond acceptors (Lipinski definition) is 2. The lowest BCUT2D eigenvalue weighted by atomic mass is 10.1. The standard InChI is InChI=1S/C19H20ClNO2/c1-12-11-15(20)8-10-18(12)23-13(2)19(22)21-17-9-7-14-5-3-4-6-16(14)17/h3-6,8,10-11,13,17H,7,9H2,1-2H3,(H,21,22). The first-order valence-electron chi connectivity index (χ1n) is 7.85. The summed E-state index contributed by atoms with van der Waals surface area (Å²) in [4.78, 5) is 12.4. The Hall–Kier alpha value is -2.00. The number of carbonyl (C=O) groups excluding carboxylic acids is 1. The van der Waals surface area contributed by atoms with Gasteiger partial charge >= 0.3 is 0 Å². The molecule has 3 nitrogen and oxygen atoms in total. The highest BCUT2D eigenvalue weighted by Gasteiger charge is 2.26. The Morgan fingerprint density at radius 3 is 2.87 bits per heavy atom. The molecule has 0 saturated heterocycles. The summed E-state index contributed by atoms with van der Waals surface area (Å²) in [5, 5.41) is 3.76. The van der Waals surface area contributed by atoms with E-state index < -0.39 is 6.10 Å². The van der Waals surface area contributed by atoms with Gasteiger partial charge in [-0.3, -0.25) is 4.79 Å². The van der Waals surface area contributed by atoms with Crippen molar-refractivity contribution in [3.63, 3.8) is 0 Å². The number of amides is 1. The van der Waals surface area contributed by atoms with E-state index in [1.54, 1.807) is 19.1 Å². The quantitative estimate of drug-likeness (QED) is 0.912. The molecule has 0 radical (unpaired) electrons. The van der Waals surface area contributed by atoms with Gasteiger partial charge in [-0.2, -0.15) is 0 Å². The fourth-order valence-corrected chi connectivity index (χ4v) is 3.21. The second-order valence-corrected chi connectivity index (χ2v) is 6.40. The van der Waals surface area contributed by atoms with Crippen molar-refractivity contribution in [1.82, 2.24) is 5.32 Å². The molecule has 1 aliphatic carbocycles. The highest BCUT2D eigenvalue weighted by atomic mass is 35.5. The molecule has 0 fully saturated rings. The predicted octanol–water partition coefficient (Wildman–Crippen LogP) is 4.22. The first-order valence-corrected chi connectivity index (χ1v) is 8.23. The molecule has 0 bridgehead atoms. The molecule has 0 saturated carbocycles. The number of carbonyl (C=O) groups is 1.